The van der Waals surface area contributed by atoms with Crippen LogP contribution in [0.25, 0.3) is 10.1 Å². The molecule has 2 nitrogen and oxygen atoms in total. The number of benzene rings is 1. The largest absolute Gasteiger partial charge is 0.489 e. The summed E-state index contributed by atoms with van der Waals surface area (Å²) in [6.45, 7) is 4.64. The van der Waals surface area contributed by atoms with Crippen LogP contribution in [0, 0.1) is 6.92 Å². The lowest BCUT2D eigenvalue weighted by atomic mass is 10.2. The molecular weight excluding hydrogens is 206 g/mol. The summed E-state index contributed by atoms with van der Waals surface area (Å²) in [7, 11) is 0. The summed E-state index contributed by atoms with van der Waals surface area (Å²) in [5, 5.41) is 1.22. The van der Waals surface area contributed by atoms with Gasteiger partial charge in [-0.2, -0.15) is 4.37 Å². The number of aryl methyl sites for hydroxylation is 1. The van der Waals surface area contributed by atoms with Crippen LogP contribution < -0.4 is 4.74 Å². The first-order valence-corrected chi connectivity index (χ1v) is 5.68. The number of fused-ring (bicyclic) bond motifs is 1. The van der Waals surface area contributed by atoms with Gasteiger partial charge in [-0.15, -0.1) is 0 Å². The normalized spacial score (nSPS) is 11.3. The topological polar surface area (TPSA) is 22.1 Å². The van der Waals surface area contributed by atoms with Crippen molar-refractivity contribution in [3.63, 3.8) is 0 Å². The zero-order chi connectivity index (χ0) is 10.7. The number of allylic oxidation sites excluding steroid dienone is 1. The first-order chi connectivity index (χ1) is 7.31. The summed E-state index contributed by atoms with van der Waals surface area (Å²) in [5.41, 5.74) is 1.09. The number of hydrogen-bond acceptors (Lipinski definition) is 3. The van der Waals surface area contributed by atoms with Gasteiger partial charge < -0.3 is 4.74 Å². The van der Waals surface area contributed by atoms with E-state index in [1.54, 1.807) is 0 Å². The summed E-state index contributed by atoms with van der Waals surface area (Å²) in [6.07, 6.45) is 3.97. The minimum Gasteiger partial charge on any atom is -0.489 e. The molecule has 0 aliphatic rings. The van der Waals surface area contributed by atoms with E-state index in [0.717, 1.165) is 11.4 Å². The molecule has 0 radical (unpaired) electrons. The summed E-state index contributed by atoms with van der Waals surface area (Å²) in [6, 6.07) is 6.11. The van der Waals surface area contributed by atoms with Crippen molar-refractivity contribution in [2.45, 2.75) is 13.8 Å². The van der Waals surface area contributed by atoms with Gasteiger partial charge in [-0.25, -0.2) is 0 Å². The van der Waals surface area contributed by atoms with Crippen molar-refractivity contribution in [1.29, 1.82) is 0 Å². The number of aromatic nitrogens is 1. The third-order valence-corrected chi connectivity index (χ3v) is 3.11. The van der Waals surface area contributed by atoms with Crippen LogP contribution in [-0.4, -0.2) is 11.0 Å². The predicted molar refractivity (Wildman–Crippen MR) is 64.7 cm³/mol. The fraction of sp³-hybridized carbons (Fsp3) is 0.250. The molecule has 3 heteroatoms. The smallest absolute Gasteiger partial charge is 0.121 e. The highest BCUT2D eigenvalue weighted by molar-refractivity contribution is 7.13. The fourth-order valence-electron chi connectivity index (χ4n) is 1.37. The van der Waals surface area contributed by atoms with Crippen molar-refractivity contribution in [1.82, 2.24) is 4.37 Å². The molecule has 2 rings (SSSR count). The highest BCUT2D eigenvalue weighted by Gasteiger charge is 2.02. The van der Waals surface area contributed by atoms with Gasteiger partial charge in [0.15, 0.2) is 0 Å². The van der Waals surface area contributed by atoms with Crippen molar-refractivity contribution in [2.75, 3.05) is 6.61 Å². The maximum Gasteiger partial charge on any atom is 0.121 e. The molecule has 0 saturated heterocycles. The van der Waals surface area contributed by atoms with Gasteiger partial charge in [0.2, 0.25) is 0 Å². The number of ether oxygens (including phenoxy) is 1. The Labute approximate surface area is 93.4 Å². The molecule has 1 heterocycles. The van der Waals surface area contributed by atoms with Gasteiger partial charge in [0, 0.05) is 5.39 Å². The Morgan fingerprint density at radius 2 is 2.33 bits per heavy atom. The van der Waals surface area contributed by atoms with E-state index in [4.69, 9.17) is 4.74 Å². The molecule has 0 fully saturated rings. The van der Waals surface area contributed by atoms with Gasteiger partial charge in [-0.1, -0.05) is 12.2 Å². The van der Waals surface area contributed by atoms with E-state index in [1.807, 2.05) is 38.1 Å². The quantitative estimate of drug-likeness (QED) is 0.736. The lowest BCUT2D eigenvalue weighted by Crippen LogP contribution is -1.92. The molecule has 78 valence electrons. The third kappa shape index (κ3) is 2.18. The fourth-order valence-corrected chi connectivity index (χ4v) is 2.19. The van der Waals surface area contributed by atoms with E-state index in [1.165, 1.54) is 21.6 Å². The number of nitrogens with zero attached hydrogens (tertiary/aromatic N) is 1. The minimum absolute atomic E-state index is 0.625. The van der Waals surface area contributed by atoms with Gasteiger partial charge in [0.1, 0.15) is 12.4 Å². The van der Waals surface area contributed by atoms with Crippen molar-refractivity contribution < 1.29 is 4.74 Å². The SMILES string of the molecule is CC=CCOc1ccc2c(C)nsc2c1. The third-order valence-electron chi connectivity index (χ3n) is 2.21. The van der Waals surface area contributed by atoms with Crippen LogP contribution in [0.5, 0.6) is 5.75 Å². The van der Waals surface area contributed by atoms with Crippen molar-refractivity contribution >= 4 is 21.6 Å². The first-order valence-electron chi connectivity index (χ1n) is 4.91. The predicted octanol–water partition coefficient (Wildman–Crippen LogP) is 3.56. The summed E-state index contributed by atoms with van der Waals surface area (Å²) in [5.74, 6) is 0.907. The summed E-state index contributed by atoms with van der Waals surface area (Å²) in [4.78, 5) is 0. The van der Waals surface area contributed by atoms with Crippen LogP contribution in [0.3, 0.4) is 0 Å². The molecular formula is C12H13NOS. The molecule has 0 unspecified atom stereocenters. The Bertz CT molecular complexity index is 487. The van der Waals surface area contributed by atoms with Crippen molar-refractivity contribution in [3.05, 3.63) is 36.0 Å². The summed E-state index contributed by atoms with van der Waals surface area (Å²) < 4.78 is 11.0. The van der Waals surface area contributed by atoms with Crippen molar-refractivity contribution in [2.24, 2.45) is 0 Å². The second-order valence-electron chi connectivity index (χ2n) is 3.31. The monoisotopic (exact) mass is 219 g/mol. The van der Waals surface area contributed by atoms with E-state index in [2.05, 4.69) is 10.4 Å². The lowest BCUT2D eigenvalue weighted by molar-refractivity contribution is 0.363. The molecule has 15 heavy (non-hydrogen) atoms. The maximum atomic E-state index is 5.56. The van der Waals surface area contributed by atoms with Crippen LogP contribution in [-0.2, 0) is 0 Å². The molecule has 0 aliphatic carbocycles. The van der Waals surface area contributed by atoms with Crippen LogP contribution >= 0.6 is 11.5 Å². The molecule has 0 atom stereocenters. The second-order valence-corrected chi connectivity index (χ2v) is 4.11. The highest BCUT2D eigenvalue weighted by atomic mass is 32.1. The van der Waals surface area contributed by atoms with Crippen LogP contribution in [0.4, 0.5) is 0 Å². The number of rotatable bonds is 3. The molecule has 2 aromatic rings. The first kappa shape index (κ1) is 10.2. The molecule has 1 aromatic heterocycles. The molecule has 0 saturated carbocycles. The molecule has 0 bridgehead atoms. The van der Waals surface area contributed by atoms with Gasteiger partial charge in [0.25, 0.3) is 0 Å². The van der Waals surface area contributed by atoms with E-state index >= 15 is 0 Å². The second kappa shape index (κ2) is 4.45. The van der Waals surface area contributed by atoms with Gasteiger partial charge in [0.05, 0.1) is 10.4 Å². The van der Waals surface area contributed by atoms with Gasteiger partial charge >= 0.3 is 0 Å². The zero-order valence-corrected chi connectivity index (χ0v) is 9.67. The molecule has 0 amide bonds. The zero-order valence-electron chi connectivity index (χ0n) is 8.86. The standard InChI is InChI=1S/C12H13NOS/c1-3-4-7-14-10-5-6-11-9(2)13-15-12(11)8-10/h3-6,8H,7H2,1-2H3. The van der Waals surface area contributed by atoms with Gasteiger partial charge in [-0.3, -0.25) is 0 Å². The Balaban J connectivity index is 2.23. The van der Waals surface area contributed by atoms with Crippen LogP contribution in [0.1, 0.15) is 12.6 Å². The average molecular weight is 219 g/mol. The van der Waals surface area contributed by atoms with E-state index < -0.39 is 0 Å². The Hall–Kier alpha value is -1.35. The van der Waals surface area contributed by atoms with Gasteiger partial charge in [-0.05, 0) is 43.6 Å². The number of hydrogen-bond donors (Lipinski definition) is 0. The minimum atomic E-state index is 0.625. The summed E-state index contributed by atoms with van der Waals surface area (Å²) >= 11 is 1.52. The Kier molecular flexibility index (Phi) is 3.02. The van der Waals surface area contributed by atoms with E-state index in [9.17, 15) is 0 Å². The van der Waals surface area contributed by atoms with Crippen LogP contribution in [0.15, 0.2) is 30.4 Å². The molecule has 0 N–H and O–H groups in total. The molecule has 0 aliphatic heterocycles. The highest BCUT2D eigenvalue weighted by Crippen LogP contribution is 2.26. The van der Waals surface area contributed by atoms with Crippen molar-refractivity contribution in [3.8, 4) is 5.75 Å². The van der Waals surface area contributed by atoms with E-state index in [-0.39, 0.29) is 0 Å². The lowest BCUT2D eigenvalue weighted by Gasteiger charge is -2.02. The van der Waals surface area contributed by atoms with E-state index in [0.29, 0.717) is 6.61 Å². The molecule has 1 aromatic carbocycles. The Morgan fingerprint density at radius 3 is 3.13 bits per heavy atom. The molecule has 0 spiro atoms. The van der Waals surface area contributed by atoms with Crippen LogP contribution in [0.2, 0.25) is 0 Å². The average Bonchev–Trinajstić information content (AvgIpc) is 2.61. The Morgan fingerprint density at radius 1 is 1.47 bits per heavy atom. The maximum absolute atomic E-state index is 5.56.